The number of nitrogens with two attached hydrogens (primary N) is 1. The Morgan fingerprint density at radius 2 is 2.05 bits per heavy atom. The second-order valence-corrected chi connectivity index (χ2v) is 4.54. The van der Waals surface area contributed by atoms with Gasteiger partial charge in [-0.25, -0.2) is 4.79 Å². The largest absolute Gasteiger partial charge is 0.365 e. The van der Waals surface area contributed by atoms with Gasteiger partial charge in [-0.1, -0.05) is 0 Å². The number of carbonyl (C=O) groups excluding carboxylic acids is 3. The number of carbonyl (C=O) groups is 3. The number of aromatic nitrogens is 1. The van der Waals surface area contributed by atoms with E-state index in [9.17, 15) is 14.4 Å². The molecule has 0 aliphatic carbocycles. The van der Waals surface area contributed by atoms with Gasteiger partial charge in [-0.3, -0.25) is 14.6 Å². The van der Waals surface area contributed by atoms with Gasteiger partial charge >= 0.3 is 5.97 Å². The van der Waals surface area contributed by atoms with E-state index in [1.54, 1.807) is 13.0 Å². The minimum Gasteiger partial charge on any atom is -0.325 e. The van der Waals surface area contributed by atoms with Crippen LogP contribution in [-0.4, -0.2) is 33.5 Å². The number of nitrogens with zero attached hydrogens (tertiary/aromatic N) is 3. The van der Waals surface area contributed by atoms with E-state index in [0.717, 1.165) is 0 Å². The van der Waals surface area contributed by atoms with Crippen molar-refractivity contribution in [2.24, 2.45) is 10.9 Å². The molecule has 0 atom stereocenters. The number of imide groups is 1. The van der Waals surface area contributed by atoms with Crippen LogP contribution in [0.2, 0.25) is 0 Å². The van der Waals surface area contributed by atoms with Crippen molar-refractivity contribution in [3.05, 3.63) is 29.6 Å². The van der Waals surface area contributed by atoms with E-state index in [-0.39, 0.29) is 18.4 Å². The maximum absolute atomic E-state index is 11.8. The Kier molecular flexibility index (Phi) is 4.27. The Morgan fingerprint density at radius 1 is 1.38 bits per heavy atom. The second-order valence-electron chi connectivity index (χ2n) is 4.54. The number of hydroxylamine groups is 2. The van der Waals surface area contributed by atoms with Gasteiger partial charge in [0.1, 0.15) is 0 Å². The number of hydrogen-bond acceptors (Lipinski definition) is 7. The van der Waals surface area contributed by atoms with Crippen molar-refractivity contribution in [3.8, 4) is 0 Å². The molecule has 110 valence electrons. The molecule has 0 radical (unpaired) electrons. The summed E-state index contributed by atoms with van der Waals surface area (Å²) in [6, 6.07) is 3.12. The van der Waals surface area contributed by atoms with E-state index in [2.05, 4.69) is 10.1 Å². The summed E-state index contributed by atoms with van der Waals surface area (Å²) in [5.41, 5.74) is 1.53. The number of pyridine rings is 1. The average molecular weight is 290 g/mol. The molecule has 2 amide bonds. The lowest BCUT2D eigenvalue weighted by atomic mass is 10.2. The Hall–Kier alpha value is -2.77. The van der Waals surface area contributed by atoms with Crippen LogP contribution in [0.5, 0.6) is 0 Å². The molecule has 0 aromatic carbocycles. The van der Waals surface area contributed by atoms with Crippen molar-refractivity contribution in [1.29, 1.82) is 0 Å². The van der Waals surface area contributed by atoms with Crippen LogP contribution in [-0.2, 0) is 20.8 Å². The third-order valence-corrected chi connectivity index (χ3v) is 2.90. The summed E-state index contributed by atoms with van der Waals surface area (Å²) in [7, 11) is 0. The molecule has 0 saturated carbocycles. The fourth-order valence-corrected chi connectivity index (χ4v) is 1.75. The monoisotopic (exact) mass is 290 g/mol. The fraction of sp³-hybridized carbons (Fsp3) is 0.308. The summed E-state index contributed by atoms with van der Waals surface area (Å²) in [4.78, 5) is 43.4. The number of amides is 2. The number of rotatable bonds is 4. The number of hydrazone groups is 1. The van der Waals surface area contributed by atoms with Crippen LogP contribution in [0.3, 0.4) is 0 Å². The molecule has 21 heavy (non-hydrogen) atoms. The topological polar surface area (TPSA) is 115 Å². The zero-order valence-electron chi connectivity index (χ0n) is 11.4. The minimum absolute atomic E-state index is 0.0565. The molecule has 1 aliphatic rings. The first-order chi connectivity index (χ1) is 10.0. The van der Waals surface area contributed by atoms with Crippen LogP contribution in [0.25, 0.3) is 0 Å². The summed E-state index contributed by atoms with van der Waals surface area (Å²) >= 11 is 0. The zero-order chi connectivity index (χ0) is 15.4. The fourth-order valence-electron chi connectivity index (χ4n) is 1.75. The molecule has 0 spiro atoms. The molecule has 2 rings (SSSR count). The van der Waals surface area contributed by atoms with Gasteiger partial charge in [0.05, 0.1) is 5.56 Å². The van der Waals surface area contributed by atoms with Crippen molar-refractivity contribution in [2.45, 2.75) is 26.2 Å². The summed E-state index contributed by atoms with van der Waals surface area (Å²) < 4.78 is 0. The van der Waals surface area contributed by atoms with E-state index in [0.29, 0.717) is 22.9 Å². The van der Waals surface area contributed by atoms with Crippen LogP contribution >= 0.6 is 0 Å². The van der Waals surface area contributed by atoms with E-state index >= 15 is 0 Å². The van der Waals surface area contributed by atoms with Crippen molar-refractivity contribution in [2.75, 3.05) is 0 Å². The van der Waals surface area contributed by atoms with Crippen LogP contribution in [0.15, 0.2) is 23.4 Å². The highest BCUT2D eigenvalue weighted by Crippen LogP contribution is 2.14. The van der Waals surface area contributed by atoms with Crippen molar-refractivity contribution in [3.63, 3.8) is 0 Å². The molecule has 1 fully saturated rings. The third-order valence-electron chi connectivity index (χ3n) is 2.90. The zero-order valence-corrected chi connectivity index (χ0v) is 11.4. The molecule has 2 heterocycles. The van der Waals surface area contributed by atoms with Gasteiger partial charge in [-0.2, -0.15) is 5.10 Å². The highest BCUT2D eigenvalue weighted by atomic mass is 16.7. The Morgan fingerprint density at radius 3 is 2.57 bits per heavy atom. The Bertz CT molecular complexity index is 593. The van der Waals surface area contributed by atoms with Gasteiger partial charge in [0.15, 0.2) is 0 Å². The molecule has 1 saturated heterocycles. The van der Waals surface area contributed by atoms with Crippen molar-refractivity contribution in [1.82, 2.24) is 10.0 Å². The SMILES string of the molecule is CC(Cc1ccc(C(=O)ON2C(=O)CCC2=O)cn1)=NN. The van der Waals surface area contributed by atoms with E-state index in [1.807, 2.05) is 0 Å². The van der Waals surface area contributed by atoms with Crippen LogP contribution in [0.4, 0.5) is 0 Å². The molecule has 0 unspecified atom stereocenters. The molecule has 1 aromatic rings. The smallest absolute Gasteiger partial charge is 0.325 e. The first-order valence-electron chi connectivity index (χ1n) is 6.27. The molecule has 1 aliphatic heterocycles. The molecule has 8 nitrogen and oxygen atoms in total. The maximum Gasteiger partial charge on any atom is 0.365 e. The van der Waals surface area contributed by atoms with Crippen LogP contribution < -0.4 is 5.84 Å². The van der Waals surface area contributed by atoms with Crippen LogP contribution in [0.1, 0.15) is 35.8 Å². The lowest BCUT2D eigenvalue weighted by Crippen LogP contribution is -2.32. The lowest BCUT2D eigenvalue weighted by molar-refractivity contribution is -0.172. The quantitative estimate of drug-likeness (QED) is 0.366. The predicted molar refractivity (Wildman–Crippen MR) is 71.7 cm³/mol. The normalized spacial score (nSPS) is 15.5. The lowest BCUT2D eigenvalue weighted by Gasteiger charge is -2.12. The van der Waals surface area contributed by atoms with Gasteiger partial charge in [-0.15, -0.1) is 5.06 Å². The second kappa shape index (κ2) is 6.12. The summed E-state index contributed by atoms with van der Waals surface area (Å²) in [6.45, 7) is 1.76. The Labute approximate surface area is 120 Å². The highest BCUT2D eigenvalue weighted by Gasteiger charge is 2.33. The summed E-state index contributed by atoms with van der Waals surface area (Å²) in [6.07, 6.45) is 1.89. The molecule has 0 bridgehead atoms. The molecule has 1 aromatic heterocycles. The average Bonchev–Trinajstić information content (AvgIpc) is 2.79. The van der Waals surface area contributed by atoms with Crippen LogP contribution in [0, 0.1) is 0 Å². The third kappa shape index (κ3) is 3.41. The molecular weight excluding hydrogens is 276 g/mol. The van der Waals surface area contributed by atoms with E-state index in [1.165, 1.54) is 12.3 Å². The van der Waals surface area contributed by atoms with Gasteiger partial charge in [0.2, 0.25) is 0 Å². The van der Waals surface area contributed by atoms with Gasteiger partial charge in [-0.05, 0) is 19.1 Å². The highest BCUT2D eigenvalue weighted by molar-refractivity contribution is 6.02. The van der Waals surface area contributed by atoms with Crippen molar-refractivity contribution >= 4 is 23.5 Å². The van der Waals surface area contributed by atoms with Crippen molar-refractivity contribution < 1.29 is 19.2 Å². The van der Waals surface area contributed by atoms with E-state index < -0.39 is 17.8 Å². The number of hydrogen-bond donors (Lipinski definition) is 1. The standard InChI is InChI=1S/C13H14N4O4/c1-8(16-14)6-10-3-2-9(7-15-10)13(20)21-17-11(18)4-5-12(17)19/h2-3,7H,4-6,14H2,1H3. The molecule has 8 heteroatoms. The minimum atomic E-state index is -0.804. The summed E-state index contributed by atoms with van der Waals surface area (Å²) in [5, 5.41) is 4.03. The molecular formula is C13H14N4O4. The van der Waals surface area contributed by atoms with E-state index in [4.69, 9.17) is 10.7 Å². The first-order valence-corrected chi connectivity index (χ1v) is 6.27. The van der Waals surface area contributed by atoms with Gasteiger partial charge < -0.3 is 10.7 Å². The first kappa shape index (κ1) is 14.6. The summed E-state index contributed by atoms with van der Waals surface area (Å²) in [5.74, 6) is 3.29. The molecule has 2 N–H and O–H groups in total. The van der Waals surface area contributed by atoms with Gasteiger partial charge in [0, 0.05) is 36.9 Å². The maximum atomic E-state index is 11.8. The Balaban J connectivity index is 2.03. The predicted octanol–water partition coefficient (Wildman–Crippen LogP) is 0.180. The van der Waals surface area contributed by atoms with Gasteiger partial charge in [0.25, 0.3) is 11.8 Å².